The highest BCUT2D eigenvalue weighted by Gasteiger charge is 2.28. The molecule has 1 aromatic heterocycles. The molecule has 0 aliphatic carbocycles. The molecule has 1 unspecified atom stereocenters. The lowest BCUT2D eigenvalue weighted by Gasteiger charge is -2.32. The number of carbonyl (C=O) groups is 1. The molecule has 0 bridgehead atoms. The number of para-hydroxylation sites is 2. The molecule has 3 aromatic rings. The Morgan fingerprint density at radius 3 is 2.37 bits per heavy atom. The first-order valence-corrected chi connectivity index (χ1v) is 10.8. The van der Waals surface area contributed by atoms with E-state index in [9.17, 15) is 9.59 Å². The molecular formula is C25H31N3O2. The van der Waals surface area contributed by atoms with Gasteiger partial charge in [-0.2, -0.15) is 0 Å². The van der Waals surface area contributed by atoms with E-state index in [1.54, 1.807) is 4.57 Å². The van der Waals surface area contributed by atoms with Crippen LogP contribution in [0.3, 0.4) is 0 Å². The number of benzene rings is 2. The monoisotopic (exact) mass is 405 g/mol. The van der Waals surface area contributed by atoms with Crippen LogP contribution in [0.2, 0.25) is 0 Å². The van der Waals surface area contributed by atoms with E-state index in [-0.39, 0.29) is 23.4 Å². The number of aryl methyl sites for hydroxylation is 1. The largest absolute Gasteiger partial charge is 0.333 e. The molecule has 30 heavy (non-hydrogen) atoms. The summed E-state index contributed by atoms with van der Waals surface area (Å²) >= 11 is 0. The number of hydrogen-bond acceptors (Lipinski definition) is 3. The van der Waals surface area contributed by atoms with Crippen molar-refractivity contribution in [1.29, 1.82) is 0 Å². The Hall–Kier alpha value is -2.95. The topological polar surface area (TPSA) is 55.2 Å². The van der Waals surface area contributed by atoms with Crippen LogP contribution in [0.4, 0.5) is 0 Å². The van der Waals surface area contributed by atoms with Crippen molar-refractivity contribution in [3.05, 3.63) is 70.3 Å². The van der Waals surface area contributed by atoms with Crippen molar-refractivity contribution in [2.24, 2.45) is 5.92 Å². The molecule has 1 atom stereocenters. The molecule has 0 radical (unpaired) electrons. The van der Waals surface area contributed by atoms with Crippen LogP contribution in [-0.4, -0.2) is 26.9 Å². The molecular weight excluding hydrogens is 374 g/mol. The number of aromatic nitrogens is 2. The predicted molar refractivity (Wildman–Crippen MR) is 122 cm³/mol. The summed E-state index contributed by atoms with van der Waals surface area (Å²) in [5.74, 6) is 0.548. The van der Waals surface area contributed by atoms with Crippen molar-refractivity contribution in [1.82, 2.24) is 14.5 Å². The summed E-state index contributed by atoms with van der Waals surface area (Å²) in [4.78, 5) is 33.4. The molecule has 158 valence electrons. The zero-order valence-corrected chi connectivity index (χ0v) is 18.6. The van der Waals surface area contributed by atoms with E-state index in [2.05, 4.69) is 13.8 Å². The van der Waals surface area contributed by atoms with E-state index in [4.69, 9.17) is 4.98 Å². The number of carbonyl (C=O) groups excluding carboxylic acids is 1. The van der Waals surface area contributed by atoms with E-state index in [0.717, 1.165) is 24.1 Å². The molecule has 5 nitrogen and oxygen atoms in total. The van der Waals surface area contributed by atoms with Gasteiger partial charge in [0.25, 0.3) is 5.56 Å². The van der Waals surface area contributed by atoms with Gasteiger partial charge in [-0.25, -0.2) is 4.98 Å². The van der Waals surface area contributed by atoms with E-state index in [1.807, 2.05) is 74.2 Å². The Morgan fingerprint density at radius 1 is 1.03 bits per heavy atom. The zero-order chi connectivity index (χ0) is 21.8. The minimum absolute atomic E-state index is 0.0714. The summed E-state index contributed by atoms with van der Waals surface area (Å²) in [6, 6.07) is 15.0. The molecule has 0 saturated heterocycles. The van der Waals surface area contributed by atoms with Crippen LogP contribution < -0.4 is 5.56 Å². The second-order valence-electron chi connectivity index (χ2n) is 7.97. The van der Waals surface area contributed by atoms with E-state index in [1.165, 1.54) is 0 Å². The average Bonchev–Trinajstić information content (AvgIpc) is 2.76. The summed E-state index contributed by atoms with van der Waals surface area (Å²) in [5.41, 5.74) is 2.46. The van der Waals surface area contributed by atoms with Crippen molar-refractivity contribution in [3.63, 3.8) is 0 Å². The Kier molecular flexibility index (Phi) is 6.70. The maximum absolute atomic E-state index is 13.6. The molecule has 0 spiro atoms. The van der Waals surface area contributed by atoms with Gasteiger partial charge in [0, 0.05) is 12.5 Å². The van der Waals surface area contributed by atoms with E-state index in [0.29, 0.717) is 23.3 Å². The molecule has 3 rings (SSSR count). The molecule has 1 heterocycles. The normalized spacial score (nSPS) is 12.3. The standard InChI is InChI=1S/C25H31N3O2/c1-6-16-27(24(29)17(3)4)18(5)23-26-21-14-10-9-13-20(21)25(30)28(23)22-15-11-8-12-19(22)7-2/h8-15,17-18H,6-7,16H2,1-5H3. The SMILES string of the molecule is CCCN(C(=O)C(C)C)C(C)c1nc2ccccc2c(=O)n1-c1ccccc1CC. The molecule has 1 amide bonds. The number of fused-ring (bicyclic) bond motifs is 1. The summed E-state index contributed by atoms with van der Waals surface area (Å²) in [6.45, 7) is 10.5. The zero-order valence-electron chi connectivity index (χ0n) is 18.6. The van der Waals surface area contributed by atoms with Crippen LogP contribution in [0.25, 0.3) is 16.6 Å². The van der Waals surface area contributed by atoms with Crippen LogP contribution in [-0.2, 0) is 11.2 Å². The van der Waals surface area contributed by atoms with Crippen LogP contribution in [0, 0.1) is 5.92 Å². The minimum atomic E-state index is -0.331. The Balaban J connectivity index is 2.32. The molecule has 2 aromatic carbocycles. The fourth-order valence-corrected chi connectivity index (χ4v) is 3.90. The molecule has 0 saturated carbocycles. The number of nitrogens with zero attached hydrogens (tertiary/aromatic N) is 3. The van der Waals surface area contributed by atoms with E-state index < -0.39 is 0 Å². The van der Waals surface area contributed by atoms with Gasteiger partial charge in [-0.1, -0.05) is 58.0 Å². The third-order valence-corrected chi connectivity index (χ3v) is 5.50. The molecule has 0 aliphatic rings. The fraction of sp³-hybridized carbons (Fsp3) is 0.400. The maximum Gasteiger partial charge on any atom is 0.266 e. The van der Waals surface area contributed by atoms with Crippen molar-refractivity contribution >= 4 is 16.8 Å². The lowest BCUT2D eigenvalue weighted by molar-refractivity contribution is -0.136. The number of hydrogen-bond donors (Lipinski definition) is 0. The van der Waals surface area contributed by atoms with Gasteiger partial charge >= 0.3 is 0 Å². The van der Waals surface area contributed by atoms with Crippen molar-refractivity contribution < 1.29 is 4.79 Å². The van der Waals surface area contributed by atoms with Crippen molar-refractivity contribution in [2.45, 2.75) is 53.5 Å². The van der Waals surface area contributed by atoms with Crippen LogP contribution in [0.15, 0.2) is 53.3 Å². The highest BCUT2D eigenvalue weighted by Crippen LogP contribution is 2.26. The Bertz CT molecular complexity index is 1100. The van der Waals surface area contributed by atoms with Gasteiger partial charge < -0.3 is 4.90 Å². The van der Waals surface area contributed by atoms with Gasteiger partial charge in [-0.05, 0) is 43.5 Å². The Morgan fingerprint density at radius 2 is 1.70 bits per heavy atom. The van der Waals surface area contributed by atoms with E-state index >= 15 is 0 Å². The summed E-state index contributed by atoms with van der Waals surface area (Å²) in [7, 11) is 0. The number of amides is 1. The first kappa shape index (κ1) is 21.8. The fourth-order valence-electron chi connectivity index (χ4n) is 3.90. The van der Waals surface area contributed by atoms with Gasteiger partial charge in [0.05, 0.1) is 22.6 Å². The van der Waals surface area contributed by atoms with Crippen molar-refractivity contribution in [2.75, 3.05) is 6.54 Å². The maximum atomic E-state index is 13.6. The third kappa shape index (κ3) is 4.02. The van der Waals surface area contributed by atoms with Crippen LogP contribution >= 0.6 is 0 Å². The second-order valence-corrected chi connectivity index (χ2v) is 7.97. The quantitative estimate of drug-likeness (QED) is 0.562. The second kappa shape index (κ2) is 9.24. The van der Waals surface area contributed by atoms with Crippen LogP contribution in [0.5, 0.6) is 0 Å². The molecule has 0 N–H and O–H groups in total. The first-order valence-electron chi connectivity index (χ1n) is 10.8. The van der Waals surface area contributed by atoms with Gasteiger partial charge in [0.15, 0.2) is 0 Å². The molecule has 5 heteroatoms. The third-order valence-electron chi connectivity index (χ3n) is 5.50. The van der Waals surface area contributed by atoms with Crippen molar-refractivity contribution in [3.8, 4) is 5.69 Å². The summed E-state index contributed by atoms with van der Waals surface area (Å²) < 4.78 is 1.71. The summed E-state index contributed by atoms with van der Waals surface area (Å²) in [5, 5.41) is 0.580. The highest BCUT2D eigenvalue weighted by molar-refractivity contribution is 5.80. The highest BCUT2D eigenvalue weighted by atomic mass is 16.2. The van der Waals surface area contributed by atoms with Gasteiger partial charge in [-0.15, -0.1) is 0 Å². The Labute approximate surface area is 178 Å². The molecule has 0 aliphatic heterocycles. The summed E-state index contributed by atoms with van der Waals surface area (Å²) in [6.07, 6.45) is 1.64. The van der Waals surface area contributed by atoms with Gasteiger partial charge in [0.2, 0.25) is 5.91 Å². The molecule has 0 fully saturated rings. The van der Waals surface area contributed by atoms with Gasteiger partial charge in [-0.3, -0.25) is 14.2 Å². The average molecular weight is 406 g/mol. The lowest BCUT2D eigenvalue weighted by Crippen LogP contribution is -2.40. The smallest absolute Gasteiger partial charge is 0.266 e. The lowest BCUT2D eigenvalue weighted by atomic mass is 10.1. The predicted octanol–water partition coefficient (Wildman–Crippen LogP) is 4.90. The van der Waals surface area contributed by atoms with Crippen LogP contribution in [0.1, 0.15) is 58.5 Å². The minimum Gasteiger partial charge on any atom is -0.333 e. The first-order chi connectivity index (χ1) is 14.4. The number of rotatable bonds is 7. The van der Waals surface area contributed by atoms with Gasteiger partial charge in [0.1, 0.15) is 5.82 Å².